The number of hydrogen-bond acceptors (Lipinski definition) is 6. The van der Waals surface area contributed by atoms with Crippen LogP contribution in [-0.4, -0.2) is 41.5 Å². The molecule has 6 rings (SSSR count). The molecule has 0 fully saturated rings. The van der Waals surface area contributed by atoms with E-state index in [0.717, 1.165) is 63.6 Å². The van der Waals surface area contributed by atoms with E-state index in [1.54, 1.807) is 0 Å². The molecule has 0 saturated carbocycles. The van der Waals surface area contributed by atoms with E-state index in [9.17, 15) is 4.79 Å². The summed E-state index contributed by atoms with van der Waals surface area (Å²) >= 11 is 0. The lowest BCUT2D eigenvalue weighted by Gasteiger charge is -2.11. The van der Waals surface area contributed by atoms with Crippen LogP contribution < -0.4 is 16.0 Å². The van der Waals surface area contributed by atoms with Gasteiger partial charge >= 0.3 is 6.03 Å². The van der Waals surface area contributed by atoms with E-state index in [1.165, 1.54) is 11.9 Å². The fraction of sp³-hybridized carbons (Fsp3) is 0.139. The number of fused-ring (bicyclic) bond motifs is 1. The molecule has 44 heavy (non-hydrogen) atoms. The molecule has 8 nitrogen and oxygen atoms in total. The first-order valence-electron chi connectivity index (χ1n) is 14.6. The highest BCUT2D eigenvalue weighted by atomic mass is 16.3. The summed E-state index contributed by atoms with van der Waals surface area (Å²) < 4.78 is 6.31. The van der Waals surface area contributed by atoms with E-state index in [2.05, 4.69) is 43.0 Å². The van der Waals surface area contributed by atoms with Crippen molar-refractivity contribution in [2.75, 3.05) is 36.6 Å². The van der Waals surface area contributed by atoms with Gasteiger partial charge in [-0.2, -0.15) is 0 Å². The predicted molar refractivity (Wildman–Crippen MR) is 178 cm³/mol. The molecule has 6 aromatic rings. The van der Waals surface area contributed by atoms with E-state index >= 15 is 0 Å². The second-order valence-corrected chi connectivity index (χ2v) is 10.8. The van der Waals surface area contributed by atoms with Gasteiger partial charge in [0.05, 0.1) is 5.39 Å². The molecule has 4 aromatic carbocycles. The number of carbonyl (C=O) groups excluding carboxylic acids is 1. The first-order chi connectivity index (χ1) is 21.5. The second-order valence-electron chi connectivity index (χ2n) is 10.8. The third-order valence-electron chi connectivity index (χ3n) is 7.22. The van der Waals surface area contributed by atoms with Crippen LogP contribution in [0.3, 0.4) is 0 Å². The van der Waals surface area contributed by atoms with E-state index < -0.39 is 0 Å². The van der Waals surface area contributed by atoms with E-state index in [-0.39, 0.29) is 6.03 Å². The Hall–Kier alpha value is -5.47. The van der Waals surface area contributed by atoms with Crippen molar-refractivity contribution in [1.82, 2.24) is 14.9 Å². The summed E-state index contributed by atoms with van der Waals surface area (Å²) in [5, 5.41) is 10.2. The van der Waals surface area contributed by atoms with Crippen molar-refractivity contribution < 1.29 is 9.21 Å². The minimum absolute atomic E-state index is 0.281. The van der Waals surface area contributed by atoms with Crippen LogP contribution in [0, 0.1) is 0 Å². The van der Waals surface area contributed by atoms with Crippen LogP contribution >= 0.6 is 0 Å². The highest BCUT2D eigenvalue weighted by Crippen LogP contribution is 2.42. The number of nitrogens with zero attached hydrogens (tertiary/aromatic N) is 3. The van der Waals surface area contributed by atoms with E-state index in [4.69, 9.17) is 4.42 Å². The van der Waals surface area contributed by atoms with Crippen LogP contribution in [0.25, 0.3) is 33.6 Å². The van der Waals surface area contributed by atoms with Gasteiger partial charge in [-0.1, -0.05) is 84.9 Å². The van der Waals surface area contributed by atoms with Crippen molar-refractivity contribution in [3.63, 3.8) is 0 Å². The summed E-state index contributed by atoms with van der Waals surface area (Å²) in [5.74, 6) is 1.49. The Balaban J connectivity index is 1.11. The molecule has 0 unspecified atom stereocenters. The number of aromatic nitrogens is 2. The Bertz CT molecular complexity index is 1830. The molecule has 220 valence electrons. The maximum absolute atomic E-state index is 12.5. The van der Waals surface area contributed by atoms with Crippen molar-refractivity contribution in [2.45, 2.75) is 13.0 Å². The van der Waals surface area contributed by atoms with E-state index in [1.807, 2.05) is 111 Å². The standard InChI is InChI=1S/C36H34N6O2/c1-42(2)23-26-15-19-30(20-16-26)41-36(43)40-29-17-13-25(14-18-29)21-22-37-34-32-31(27-9-5-3-6-10-27)33(28-11-7-4-8-12-28)44-35(32)39-24-38-34/h3-20,24H,21-23H2,1-2H3,(H,37,38,39)(H2,40,41,43). The normalized spacial score (nSPS) is 11.1. The third kappa shape index (κ3) is 6.77. The number of rotatable bonds is 10. The van der Waals surface area contributed by atoms with Crippen molar-refractivity contribution in [3.8, 4) is 22.5 Å². The fourth-order valence-corrected chi connectivity index (χ4v) is 5.17. The zero-order valence-electron chi connectivity index (χ0n) is 24.7. The van der Waals surface area contributed by atoms with Gasteiger partial charge in [0.2, 0.25) is 5.71 Å². The van der Waals surface area contributed by atoms with Gasteiger partial charge in [-0.05, 0) is 61.5 Å². The molecule has 3 N–H and O–H groups in total. The van der Waals surface area contributed by atoms with Crippen molar-refractivity contribution >= 4 is 34.3 Å². The lowest BCUT2D eigenvalue weighted by Crippen LogP contribution is -2.19. The van der Waals surface area contributed by atoms with Gasteiger partial charge in [-0.15, -0.1) is 0 Å². The Kier molecular flexibility index (Phi) is 8.61. The molecular formula is C36H34N6O2. The van der Waals surface area contributed by atoms with E-state index in [0.29, 0.717) is 12.3 Å². The molecule has 2 heterocycles. The lowest BCUT2D eigenvalue weighted by atomic mass is 9.99. The first kappa shape index (κ1) is 28.6. The van der Waals surface area contributed by atoms with Crippen LogP contribution in [0.1, 0.15) is 11.1 Å². The monoisotopic (exact) mass is 582 g/mol. The van der Waals surface area contributed by atoms with Gasteiger partial charge < -0.3 is 25.3 Å². The van der Waals surface area contributed by atoms with Gasteiger partial charge in [-0.3, -0.25) is 0 Å². The molecule has 0 radical (unpaired) electrons. The fourth-order valence-electron chi connectivity index (χ4n) is 5.17. The number of benzene rings is 4. The van der Waals surface area contributed by atoms with Crippen molar-refractivity contribution in [3.05, 3.63) is 127 Å². The third-order valence-corrected chi connectivity index (χ3v) is 7.22. The molecule has 8 heteroatoms. The van der Waals surface area contributed by atoms with Gasteiger partial charge in [0.15, 0.2) is 0 Å². The summed E-state index contributed by atoms with van der Waals surface area (Å²) in [6, 6.07) is 35.7. The highest BCUT2D eigenvalue weighted by Gasteiger charge is 2.21. The smallest absolute Gasteiger partial charge is 0.323 e. The number of urea groups is 1. The molecule has 0 aliphatic carbocycles. The maximum atomic E-state index is 12.5. The summed E-state index contributed by atoms with van der Waals surface area (Å²) in [6.07, 6.45) is 2.29. The molecule has 0 spiro atoms. The average molecular weight is 583 g/mol. The largest absolute Gasteiger partial charge is 0.437 e. The van der Waals surface area contributed by atoms with Crippen LogP contribution in [0.5, 0.6) is 0 Å². The molecule has 2 amide bonds. The Morgan fingerprint density at radius 3 is 1.93 bits per heavy atom. The average Bonchev–Trinajstić information content (AvgIpc) is 3.44. The topological polar surface area (TPSA) is 95.3 Å². The number of hydrogen-bond donors (Lipinski definition) is 3. The zero-order chi connectivity index (χ0) is 30.3. The summed E-state index contributed by atoms with van der Waals surface area (Å²) in [7, 11) is 4.06. The molecule has 2 aromatic heterocycles. The number of carbonyl (C=O) groups is 1. The van der Waals surface area contributed by atoms with Crippen molar-refractivity contribution in [1.29, 1.82) is 0 Å². The Morgan fingerprint density at radius 2 is 1.32 bits per heavy atom. The molecule has 0 aliphatic heterocycles. The number of anilines is 3. The highest BCUT2D eigenvalue weighted by molar-refractivity contribution is 6.05. The van der Waals surface area contributed by atoms with Crippen LogP contribution in [0.15, 0.2) is 120 Å². The van der Waals surface area contributed by atoms with Gasteiger partial charge in [0, 0.05) is 35.6 Å². The first-order valence-corrected chi connectivity index (χ1v) is 14.6. The van der Waals surface area contributed by atoms with Crippen LogP contribution in [0.2, 0.25) is 0 Å². The van der Waals surface area contributed by atoms with Gasteiger partial charge in [0.1, 0.15) is 17.9 Å². The summed E-state index contributed by atoms with van der Waals surface area (Å²) in [5.41, 5.74) is 7.31. The molecule has 0 saturated heterocycles. The zero-order valence-corrected chi connectivity index (χ0v) is 24.7. The number of amides is 2. The maximum Gasteiger partial charge on any atom is 0.323 e. The number of nitrogens with one attached hydrogen (secondary N) is 3. The minimum atomic E-state index is -0.281. The molecule has 0 aliphatic rings. The predicted octanol–water partition coefficient (Wildman–Crippen LogP) is 7.92. The van der Waals surface area contributed by atoms with Crippen LogP contribution in [0.4, 0.5) is 22.0 Å². The second kappa shape index (κ2) is 13.2. The Morgan fingerprint density at radius 1 is 0.727 bits per heavy atom. The minimum Gasteiger partial charge on any atom is -0.437 e. The van der Waals surface area contributed by atoms with Crippen LogP contribution in [-0.2, 0) is 13.0 Å². The molecule has 0 atom stereocenters. The summed E-state index contributed by atoms with van der Waals surface area (Å²) in [4.78, 5) is 23.7. The van der Waals surface area contributed by atoms with Gasteiger partial charge in [-0.25, -0.2) is 14.8 Å². The quantitative estimate of drug-likeness (QED) is 0.152. The Labute approximate surface area is 256 Å². The summed E-state index contributed by atoms with van der Waals surface area (Å²) in [6.45, 7) is 1.51. The molecular weight excluding hydrogens is 548 g/mol. The van der Waals surface area contributed by atoms with Gasteiger partial charge in [0.25, 0.3) is 0 Å². The lowest BCUT2D eigenvalue weighted by molar-refractivity contribution is 0.262. The van der Waals surface area contributed by atoms with Crippen molar-refractivity contribution in [2.24, 2.45) is 0 Å². The SMILES string of the molecule is CN(C)Cc1ccc(NC(=O)Nc2ccc(CCNc3ncnc4oc(-c5ccccc5)c(-c5ccccc5)c34)cc2)cc1. The molecule has 0 bridgehead atoms. The number of furan rings is 1.